The molecule has 1 amide bonds. The molecule has 25 heavy (non-hydrogen) atoms. The molecule has 0 bridgehead atoms. The van der Waals surface area contributed by atoms with Gasteiger partial charge < -0.3 is 16.0 Å². The Hall–Kier alpha value is -2.62. The van der Waals surface area contributed by atoms with Gasteiger partial charge in [0.1, 0.15) is 0 Å². The second-order valence-corrected chi connectivity index (χ2v) is 7.04. The second kappa shape index (κ2) is 6.36. The van der Waals surface area contributed by atoms with Crippen LogP contribution in [0.25, 0.3) is 0 Å². The SMILES string of the molecule is N=Cc1cc(C(=O)N2CCC[C@@H]3c4ccccc4CC[C@@H]32)ccc1N. The number of carbonyl (C=O) groups excluding carboxylic acids is 1. The fraction of sp³-hybridized carbons (Fsp3) is 0.333. The summed E-state index contributed by atoms with van der Waals surface area (Å²) in [5.74, 6) is 0.510. The number of nitrogens with two attached hydrogens (primary N) is 1. The molecule has 0 unspecified atom stereocenters. The number of anilines is 1. The minimum atomic E-state index is 0.0668. The summed E-state index contributed by atoms with van der Waals surface area (Å²) in [4.78, 5) is 15.2. The fourth-order valence-electron chi connectivity index (χ4n) is 4.45. The average Bonchev–Trinajstić information content (AvgIpc) is 2.67. The van der Waals surface area contributed by atoms with Crippen LogP contribution in [0.4, 0.5) is 5.69 Å². The molecule has 1 aliphatic heterocycles. The van der Waals surface area contributed by atoms with Gasteiger partial charge in [-0.2, -0.15) is 0 Å². The number of hydrogen-bond donors (Lipinski definition) is 2. The molecule has 3 N–H and O–H groups in total. The Morgan fingerprint density at radius 1 is 1.20 bits per heavy atom. The lowest BCUT2D eigenvalue weighted by Gasteiger charge is -2.45. The summed E-state index contributed by atoms with van der Waals surface area (Å²) in [6, 6.07) is 14.2. The molecular weight excluding hydrogens is 310 g/mol. The lowest BCUT2D eigenvalue weighted by atomic mass is 9.74. The number of nitrogens with one attached hydrogen (secondary N) is 1. The highest BCUT2D eigenvalue weighted by molar-refractivity contribution is 5.98. The van der Waals surface area contributed by atoms with Gasteiger partial charge in [-0.3, -0.25) is 4.79 Å². The first-order valence-corrected chi connectivity index (χ1v) is 8.98. The Labute approximate surface area is 148 Å². The van der Waals surface area contributed by atoms with Crippen LogP contribution in [0.1, 0.15) is 52.2 Å². The van der Waals surface area contributed by atoms with Crippen molar-refractivity contribution in [2.45, 2.75) is 37.6 Å². The Morgan fingerprint density at radius 3 is 2.88 bits per heavy atom. The van der Waals surface area contributed by atoms with Crippen molar-refractivity contribution in [3.05, 3.63) is 64.7 Å². The van der Waals surface area contributed by atoms with E-state index in [0.29, 0.717) is 22.7 Å². The smallest absolute Gasteiger partial charge is 0.254 e. The van der Waals surface area contributed by atoms with Crippen LogP contribution in [0.3, 0.4) is 0 Å². The number of fused-ring (bicyclic) bond motifs is 3. The normalized spacial score (nSPS) is 22.0. The lowest BCUT2D eigenvalue weighted by Crippen LogP contribution is -2.49. The third-order valence-electron chi connectivity index (χ3n) is 5.69. The van der Waals surface area contributed by atoms with E-state index in [2.05, 4.69) is 29.2 Å². The van der Waals surface area contributed by atoms with Crippen molar-refractivity contribution in [2.24, 2.45) is 0 Å². The zero-order valence-corrected chi connectivity index (χ0v) is 14.2. The number of aryl methyl sites for hydroxylation is 1. The quantitative estimate of drug-likeness (QED) is 0.651. The maximum atomic E-state index is 13.2. The van der Waals surface area contributed by atoms with Gasteiger partial charge in [-0.25, -0.2) is 0 Å². The first kappa shape index (κ1) is 15.9. The van der Waals surface area contributed by atoms with Crippen LogP contribution in [0, 0.1) is 5.41 Å². The van der Waals surface area contributed by atoms with Crippen LogP contribution in [0.5, 0.6) is 0 Å². The molecule has 2 aromatic rings. The minimum absolute atomic E-state index is 0.0668. The Morgan fingerprint density at radius 2 is 2.04 bits per heavy atom. The van der Waals surface area contributed by atoms with Crippen LogP contribution in [-0.2, 0) is 6.42 Å². The molecule has 0 saturated carbocycles. The molecule has 0 aromatic heterocycles. The maximum Gasteiger partial charge on any atom is 0.254 e. The Kier molecular flexibility index (Phi) is 4.04. The van der Waals surface area contributed by atoms with Gasteiger partial charge in [0.05, 0.1) is 0 Å². The van der Waals surface area contributed by atoms with E-state index in [0.717, 1.165) is 32.2 Å². The monoisotopic (exact) mass is 333 g/mol. The van der Waals surface area contributed by atoms with E-state index in [-0.39, 0.29) is 11.9 Å². The number of carbonyl (C=O) groups is 1. The lowest BCUT2D eigenvalue weighted by molar-refractivity contribution is 0.0547. The van der Waals surface area contributed by atoms with Crippen molar-refractivity contribution in [3.63, 3.8) is 0 Å². The molecule has 0 spiro atoms. The molecule has 2 atom stereocenters. The summed E-state index contributed by atoms with van der Waals surface area (Å²) in [6.45, 7) is 0.812. The van der Waals surface area contributed by atoms with Crippen LogP contribution < -0.4 is 5.73 Å². The molecule has 1 fully saturated rings. The summed E-state index contributed by atoms with van der Waals surface area (Å²) in [6.07, 6.45) is 5.46. The summed E-state index contributed by atoms with van der Waals surface area (Å²) in [5.41, 5.74) is 10.5. The van der Waals surface area contributed by atoms with Crippen molar-refractivity contribution < 1.29 is 4.79 Å². The average molecular weight is 333 g/mol. The van der Waals surface area contributed by atoms with Crippen molar-refractivity contribution in [3.8, 4) is 0 Å². The van der Waals surface area contributed by atoms with Gasteiger partial charge in [-0.05, 0) is 55.0 Å². The van der Waals surface area contributed by atoms with E-state index < -0.39 is 0 Å². The number of hydrogen-bond acceptors (Lipinski definition) is 3. The first-order valence-electron chi connectivity index (χ1n) is 8.98. The molecule has 128 valence electrons. The molecule has 1 heterocycles. The zero-order valence-electron chi connectivity index (χ0n) is 14.2. The van der Waals surface area contributed by atoms with E-state index in [4.69, 9.17) is 11.1 Å². The predicted molar refractivity (Wildman–Crippen MR) is 100 cm³/mol. The highest BCUT2D eigenvalue weighted by Gasteiger charge is 2.38. The zero-order chi connectivity index (χ0) is 17.4. The molecular formula is C21H23N3O. The molecule has 1 aliphatic carbocycles. The van der Waals surface area contributed by atoms with Crippen LogP contribution in [0.15, 0.2) is 42.5 Å². The minimum Gasteiger partial charge on any atom is -0.398 e. The third kappa shape index (κ3) is 2.72. The Bertz CT molecular complexity index is 830. The van der Waals surface area contributed by atoms with E-state index >= 15 is 0 Å². The second-order valence-electron chi connectivity index (χ2n) is 7.04. The van der Waals surface area contributed by atoms with E-state index in [1.807, 2.05) is 0 Å². The van der Waals surface area contributed by atoms with Crippen molar-refractivity contribution >= 4 is 17.8 Å². The van der Waals surface area contributed by atoms with Crippen LogP contribution in [0.2, 0.25) is 0 Å². The molecule has 2 aromatic carbocycles. The van der Waals surface area contributed by atoms with Crippen molar-refractivity contribution in [1.29, 1.82) is 5.41 Å². The van der Waals surface area contributed by atoms with E-state index in [1.54, 1.807) is 18.2 Å². The number of likely N-dealkylation sites (tertiary alicyclic amines) is 1. The standard InChI is InChI=1S/C21H23N3O/c22-13-16-12-15(7-9-19(16)23)21(25)24-11-3-6-18-17-5-2-1-4-14(17)8-10-20(18)24/h1-2,4-5,7,9,12-13,18,20,22H,3,6,8,10-11,23H2/t18-,20+/m1/s1. The van der Waals surface area contributed by atoms with Gasteiger partial charge in [0.25, 0.3) is 5.91 Å². The highest BCUT2D eigenvalue weighted by Crippen LogP contribution is 2.41. The highest BCUT2D eigenvalue weighted by atomic mass is 16.2. The summed E-state index contributed by atoms with van der Waals surface area (Å²) in [7, 11) is 0. The van der Waals surface area contributed by atoms with Gasteiger partial charge in [-0.1, -0.05) is 24.3 Å². The van der Waals surface area contributed by atoms with E-state index in [1.165, 1.54) is 17.3 Å². The summed E-state index contributed by atoms with van der Waals surface area (Å²) < 4.78 is 0. The van der Waals surface area contributed by atoms with Gasteiger partial charge in [0.2, 0.25) is 0 Å². The van der Waals surface area contributed by atoms with Crippen molar-refractivity contribution in [2.75, 3.05) is 12.3 Å². The molecule has 4 heteroatoms. The van der Waals surface area contributed by atoms with Gasteiger partial charge in [-0.15, -0.1) is 0 Å². The summed E-state index contributed by atoms with van der Waals surface area (Å²) in [5, 5.41) is 7.46. The fourth-order valence-corrected chi connectivity index (χ4v) is 4.45. The predicted octanol–water partition coefficient (Wildman–Crippen LogP) is 3.60. The number of amides is 1. The largest absolute Gasteiger partial charge is 0.398 e. The van der Waals surface area contributed by atoms with Gasteiger partial charge in [0.15, 0.2) is 0 Å². The first-order chi connectivity index (χ1) is 12.2. The number of benzene rings is 2. The topological polar surface area (TPSA) is 70.2 Å². The molecule has 2 aliphatic rings. The van der Waals surface area contributed by atoms with E-state index in [9.17, 15) is 4.79 Å². The van der Waals surface area contributed by atoms with Crippen molar-refractivity contribution in [1.82, 2.24) is 4.90 Å². The number of nitrogen functional groups attached to an aromatic ring is 1. The van der Waals surface area contributed by atoms with Gasteiger partial charge >= 0.3 is 0 Å². The number of nitrogens with zero attached hydrogens (tertiary/aromatic N) is 1. The third-order valence-corrected chi connectivity index (χ3v) is 5.69. The van der Waals surface area contributed by atoms with Gasteiger partial charge in [0, 0.05) is 41.5 Å². The molecule has 4 nitrogen and oxygen atoms in total. The van der Waals surface area contributed by atoms with Crippen LogP contribution in [-0.4, -0.2) is 29.6 Å². The summed E-state index contributed by atoms with van der Waals surface area (Å²) >= 11 is 0. The van der Waals surface area contributed by atoms with Crippen LogP contribution >= 0.6 is 0 Å². The number of rotatable bonds is 2. The Balaban J connectivity index is 1.65. The molecule has 0 radical (unpaired) electrons. The molecule has 1 saturated heterocycles. The maximum absolute atomic E-state index is 13.2. The number of piperidine rings is 1. The molecule has 4 rings (SSSR count).